The van der Waals surface area contributed by atoms with Crippen molar-refractivity contribution in [2.75, 3.05) is 0 Å². The van der Waals surface area contributed by atoms with Gasteiger partial charge < -0.3 is 18.9 Å². The second-order valence-corrected chi connectivity index (χ2v) is 5.83. The summed E-state index contributed by atoms with van der Waals surface area (Å²) in [6, 6.07) is 6.75. The second kappa shape index (κ2) is 8.55. The van der Waals surface area contributed by atoms with Crippen molar-refractivity contribution in [2.45, 2.75) is 50.8 Å². The minimum atomic E-state index is -5.22. The van der Waals surface area contributed by atoms with Crippen LogP contribution in [0.15, 0.2) is 30.3 Å². The standard InChI is InChI=1S/C17H16F4O7/c1-8(22)25-13-11(18)12(27-16(13)26-9(2)23)14(17(19,20)21)28-15(24)10-6-4-3-5-7-10/h3-7,11-14,16H,1-2H3/t11-,12-,13+,14?,16?/m0/s1. The van der Waals surface area contributed by atoms with Crippen molar-refractivity contribution in [3.8, 4) is 0 Å². The molecule has 0 amide bonds. The number of halogens is 4. The Morgan fingerprint density at radius 2 is 1.61 bits per heavy atom. The molecular formula is C17H16F4O7. The molecule has 0 aromatic heterocycles. The van der Waals surface area contributed by atoms with E-state index in [4.69, 9.17) is 4.74 Å². The zero-order valence-electron chi connectivity index (χ0n) is 14.6. The Bertz CT molecular complexity index is 722. The van der Waals surface area contributed by atoms with Crippen molar-refractivity contribution in [1.29, 1.82) is 0 Å². The lowest BCUT2D eigenvalue weighted by molar-refractivity contribution is -0.250. The molecular weight excluding hydrogens is 392 g/mol. The summed E-state index contributed by atoms with van der Waals surface area (Å²) in [5, 5.41) is 0. The minimum absolute atomic E-state index is 0.196. The molecule has 1 saturated heterocycles. The lowest BCUT2D eigenvalue weighted by atomic mass is 10.1. The molecule has 0 bridgehead atoms. The molecule has 11 heteroatoms. The molecule has 7 nitrogen and oxygen atoms in total. The quantitative estimate of drug-likeness (QED) is 0.420. The number of hydrogen-bond donors (Lipinski definition) is 0. The first-order valence-electron chi connectivity index (χ1n) is 7.97. The van der Waals surface area contributed by atoms with Crippen LogP contribution in [0.5, 0.6) is 0 Å². The van der Waals surface area contributed by atoms with Crippen LogP contribution in [0.3, 0.4) is 0 Å². The molecule has 1 aromatic carbocycles. The molecule has 0 N–H and O–H groups in total. The van der Waals surface area contributed by atoms with E-state index in [9.17, 15) is 31.9 Å². The minimum Gasteiger partial charge on any atom is -0.453 e. The van der Waals surface area contributed by atoms with Crippen LogP contribution in [0.4, 0.5) is 17.6 Å². The lowest BCUT2D eigenvalue weighted by Gasteiger charge is -2.26. The van der Waals surface area contributed by atoms with E-state index in [1.165, 1.54) is 30.3 Å². The molecule has 1 aliphatic heterocycles. The van der Waals surface area contributed by atoms with E-state index in [0.29, 0.717) is 0 Å². The molecule has 28 heavy (non-hydrogen) atoms. The molecule has 5 atom stereocenters. The van der Waals surface area contributed by atoms with Crippen molar-refractivity contribution in [3.05, 3.63) is 35.9 Å². The summed E-state index contributed by atoms with van der Waals surface area (Å²) in [5.41, 5.74) is -0.196. The number of ether oxygens (including phenoxy) is 4. The molecule has 2 rings (SSSR count). The van der Waals surface area contributed by atoms with Gasteiger partial charge in [0.1, 0.15) is 6.10 Å². The molecule has 154 valence electrons. The van der Waals surface area contributed by atoms with E-state index in [0.717, 1.165) is 13.8 Å². The maximum Gasteiger partial charge on any atom is 0.428 e. The average Bonchev–Trinajstić information content (AvgIpc) is 2.87. The van der Waals surface area contributed by atoms with Crippen molar-refractivity contribution >= 4 is 17.9 Å². The highest BCUT2D eigenvalue weighted by molar-refractivity contribution is 5.89. The molecule has 0 spiro atoms. The second-order valence-electron chi connectivity index (χ2n) is 5.83. The average molecular weight is 408 g/mol. The summed E-state index contributed by atoms with van der Waals surface area (Å²) in [4.78, 5) is 34.2. The lowest BCUT2D eigenvalue weighted by Crippen LogP contribution is -2.48. The summed E-state index contributed by atoms with van der Waals surface area (Å²) < 4.78 is 73.5. The van der Waals surface area contributed by atoms with Gasteiger partial charge in [0.2, 0.25) is 12.4 Å². The van der Waals surface area contributed by atoms with E-state index >= 15 is 0 Å². The monoisotopic (exact) mass is 408 g/mol. The van der Waals surface area contributed by atoms with Gasteiger partial charge in [0.15, 0.2) is 12.3 Å². The zero-order valence-corrected chi connectivity index (χ0v) is 14.6. The highest BCUT2D eigenvalue weighted by atomic mass is 19.4. The first-order chi connectivity index (χ1) is 13.0. The SMILES string of the molecule is CC(=O)OC1O[C@H](C(OC(=O)c2ccccc2)C(F)(F)F)[C@H](F)[C@H]1OC(C)=O. The summed E-state index contributed by atoms with van der Waals surface area (Å²) >= 11 is 0. The number of hydrogen-bond acceptors (Lipinski definition) is 7. The van der Waals surface area contributed by atoms with Gasteiger partial charge in [-0.1, -0.05) is 18.2 Å². The maximum absolute atomic E-state index is 14.7. The smallest absolute Gasteiger partial charge is 0.428 e. The van der Waals surface area contributed by atoms with Gasteiger partial charge in [-0.15, -0.1) is 0 Å². The van der Waals surface area contributed by atoms with Crippen molar-refractivity contribution < 1.29 is 50.9 Å². The number of alkyl halides is 4. The molecule has 2 unspecified atom stereocenters. The fourth-order valence-corrected chi connectivity index (χ4v) is 2.53. The zero-order chi connectivity index (χ0) is 21.1. The molecule has 0 radical (unpaired) electrons. The highest BCUT2D eigenvalue weighted by Gasteiger charge is 2.60. The van der Waals surface area contributed by atoms with Crippen LogP contribution >= 0.6 is 0 Å². The first-order valence-corrected chi connectivity index (χ1v) is 7.97. The van der Waals surface area contributed by atoms with E-state index in [1.54, 1.807) is 0 Å². The molecule has 0 aliphatic carbocycles. The molecule has 0 saturated carbocycles. The van der Waals surface area contributed by atoms with Gasteiger partial charge in [0.25, 0.3) is 0 Å². The summed E-state index contributed by atoms with van der Waals surface area (Å²) in [6.07, 6.45) is -17.1. The van der Waals surface area contributed by atoms with Gasteiger partial charge >= 0.3 is 24.1 Å². The summed E-state index contributed by atoms with van der Waals surface area (Å²) in [6.45, 7) is 1.80. The van der Waals surface area contributed by atoms with Crippen molar-refractivity contribution in [2.24, 2.45) is 0 Å². The number of rotatable bonds is 5. The van der Waals surface area contributed by atoms with Crippen LogP contribution < -0.4 is 0 Å². The molecule has 1 fully saturated rings. The largest absolute Gasteiger partial charge is 0.453 e. The third-order valence-corrected chi connectivity index (χ3v) is 3.64. The first kappa shape index (κ1) is 21.6. The predicted molar refractivity (Wildman–Crippen MR) is 82.6 cm³/mol. The van der Waals surface area contributed by atoms with Gasteiger partial charge in [-0.3, -0.25) is 9.59 Å². The Kier molecular flexibility index (Phi) is 6.60. The van der Waals surface area contributed by atoms with Gasteiger partial charge in [-0.2, -0.15) is 13.2 Å². The van der Waals surface area contributed by atoms with E-state index < -0.39 is 54.9 Å². The Labute approximate surface area is 156 Å². The fourth-order valence-electron chi connectivity index (χ4n) is 2.53. The van der Waals surface area contributed by atoms with Crippen molar-refractivity contribution in [1.82, 2.24) is 0 Å². The number of carbonyl (C=O) groups excluding carboxylic acids is 3. The number of carbonyl (C=O) groups is 3. The summed E-state index contributed by atoms with van der Waals surface area (Å²) in [7, 11) is 0. The van der Waals surface area contributed by atoms with E-state index in [-0.39, 0.29) is 5.56 Å². The van der Waals surface area contributed by atoms with E-state index in [2.05, 4.69) is 14.2 Å². The molecule has 1 heterocycles. The van der Waals surface area contributed by atoms with Gasteiger partial charge in [-0.25, -0.2) is 9.18 Å². The Balaban J connectivity index is 2.28. The van der Waals surface area contributed by atoms with Crippen LogP contribution in [-0.4, -0.2) is 54.9 Å². The predicted octanol–water partition coefficient (Wildman–Crippen LogP) is 2.33. The van der Waals surface area contributed by atoms with Gasteiger partial charge in [0.05, 0.1) is 5.56 Å². The van der Waals surface area contributed by atoms with Crippen LogP contribution in [0.1, 0.15) is 24.2 Å². The van der Waals surface area contributed by atoms with Crippen LogP contribution in [0, 0.1) is 0 Å². The Hall–Kier alpha value is -2.69. The third-order valence-electron chi connectivity index (χ3n) is 3.64. The van der Waals surface area contributed by atoms with Crippen LogP contribution in [0.25, 0.3) is 0 Å². The van der Waals surface area contributed by atoms with Crippen molar-refractivity contribution in [3.63, 3.8) is 0 Å². The van der Waals surface area contributed by atoms with Gasteiger partial charge in [-0.05, 0) is 12.1 Å². The van der Waals surface area contributed by atoms with E-state index in [1.807, 2.05) is 0 Å². The molecule has 1 aromatic rings. The highest BCUT2D eigenvalue weighted by Crippen LogP contribution is 2.37. The fraction of sp³-hybridized carbons (Fsp3) is 0.471. The normalized spacial score (nSPS) is 25.6. The number of esters is 3. The molecule has 1 aliphatic rings. The Morgan fingerprint density at radius 1 is 1.04 bits per heavy atom. The van der Waals surface area contributed by atoms with Crippen LogP contribution in [0.2, 0.25) is 0 Å². The third kappa shape index (κ3) is 5.18. The maximum atomic E-state index is 14.7. The van der Waals surface area contributed by atoms with Crippen LogP contribution in [-0.2, 0) is 28.5 Å². The van der Waals surface area contributed by atoms with Gasteiger partial charge in [0, 0.05) is 13.8 Å². The summed E-state index contributed by atoms with van der Waals surface area (Å²) in [5.74, 6) is -3.39. The number of benzene rings is 1. The Morgan fingerprint density at radius 3 is 2.11 bits per heavy atom. The topological polar surface area (TPSA) is 88.1 Å².